The molecule has 10 heteroatoms. The zero-order valence-corrected chi connectivity index (χ0v) is 16.5. The Morgan fingerprint density at radius 2 is 1.93 bits per heavy atom. The normalized spacial score (nSPS) is 14.7. The summed E-state index contributed by atoms with van der Waals surface area (Å²) >= 11 is 0. The van der Waals surface area contributed by atoms with E-state index in [1.165, 1.54) is 12.3 Å². The number of amides is 1. The number of H-pyrrole nitrogens is 1. The van der Waals surface area contributed by atoms with Crippen LogP contribution in [0.4, 0.5) is 5.69 Å². The average Bonchev–Trinajstić information content (AvgIpc) is 3.35. The van der Waals surface area contributed by atoms with E-state index in [4.69, 9.17) is 9.15 Å². The molecule has 0 saturated carbocycles. The van der Waals surface area contributed by atoms with Crippen LogP contribution in [-0.2, 0) is 14.8 Å². The van der Waals surface area contributed by atoms with Gasteiger partial charge < -0.3 is 14.1 Å². The number of anilines is 1. The van der Waals surface area contributed by atoms with Crippen LogP contribution in [0, 0.1) is 6.92 Å². The number of morpholine rings is 1. The Morgan fingerprint density at radius 1 is 1.21 bits per heavy atom. The highest BCUT2D eigenvalue weighted by molar-refractivity contribution is 7.92. The van der Waals surface area contributed by atoms with Gasteiger partial charge in [-0.25, -0.2) is 8.42 Å². The number of nitrogens with one attached hydrogen (secondary N) is 2. The molecule has 2 N–H and O–H groups in total. The molecule has 1 aliphatic heterocycles. The van der Waals surface area contributed by atoms with E-state index in [9.17, 15) is 13.2 Å². The maximum Gasteiger partial charge on any atom is 0.265 e. The quantitative estimate of drug-likeness (QED) is 0.659. The summed E-state index contributed by atoms with van der Waals surface area (Å²) in [6, 6.07) is 9.97. The summed E-state index contributed by atoms with van der Waals surface area (Å²) < 4.78 is 39.0. The Bertz CT molecular complexity index is 1110. The second-order valence-corrected chi connectivity index (χ2v) is 8.22. The molecule has 0 bridgehead atoms. The molecule has 0 radical (unpaired) electrons. The summed E-state index contributed by atoms with van der Waals surface area (Å²) in [5, 5.41) is 6.70. The topological polar surface area (TPSA) is 118 Å². The molecular formula is C19H20N4O5S. The third-order valence-electron chi connectivity index (χ3n) is 4.60. The summed E-state index contributed by atoms with van der Waals surface area (Å²) in [6.07, 6.45) is 1.42. The molecule has 1 saturated heterocycles. The lowest BCUT2D eigenvalue weighted by molar-refractivity contribution is 0.0303. The first-order valence-corrected chi connectivity index (χ1v) is 10.5. The van der Waals surface area contributed by atoms with Crippen LogP contribution in [0.1, 0.15) is 16.1 Å². The lowest BCUT2D eigenvalue weighted by atomic mass is 10.2. The molecule has 0 aliphatic carbocycles. The van der Waals surface area contributed by atoms with Crippen molar-refractivity contribution in [1.82, 2.24) is 15.1 Å². The average molecular weight is 416 g/mol. The SMILES string of the molecule is Cc1oc(-c2[nH]ncc2C(=O)N2CCOCC2)cc1S(=O)(=O)Nc1ccccc1. The number of hydrogen-bond donors (Lipinski definition) is 2. The summed E-state index contributed by atoms with van der Waals surface area (Å²) in [4.78, 5) is 14.5. The van der Waals surface area contributed by atoms with Crippen molar-refractivity contribution in [3.63, 3.8) is 0 Å². The van der Waals surface area contributed by atoms with Crippen molar-refractivity contribution < 1.29 is 22.4 Å². The largest absolute Gasteiger partial charge is 0.458 e. The first kappa shape index (κ1) is 19.2. The smallest absolute Gasteiger partial charge is 0.265 e. The molecule has 1 fully saturated rings. The minimum absolute atomic E-state index is 0.00396. The molecule has 0 unspecified atom stereocenters. The number of benzene rings is 1. The van der Waals surface area contributed by atoms with E-state index in [1.807, 2.05) is 0 Å². The Morgan fingerprint density at radius 3 is 2.66 bits per heavy atom. The van der Waals surface area contributed by atoms with Crippen LogP contribution in [0.2, 0.25) is 0 Å². The van der Waals surface area contributed by atoms with Gasteiger partial charge in [-0.05, 0) is 19.1 Å². The third kappa shape index (κ3) is 3.89. The molecule has 29 heavy (non-hydrogen) atoms. The number of sulfonamides is 1. The Hall–Kier alpha value is -3.11. The number of aromatic amines is 1. The van der Waals surface area contributed by atoms with Crippen LogP contribution < -0.4 is 4.72 Å². The molecule has 0 spiro atoms. The monoisotopic (exact) mass is 416 g/mol. The van der Waals surface area contributed by atoms with Crippen molar-refractivity contribution in [2.45, 2.75) is 11.8 Å². The van der Waals surface area contributed by atoms with Gasteiger partial charge in [0.2, 0.25) is 0 Å². The van der Waals surface area contributed by atoms with Crippen molar-refractivity contribution in [1.29, 1.82) is 0 Å². The lowest BCUT2D eigenvalue weighted by Gasteiger charge is -2.26. The van der Waals surface area contributed by atoms with E-state index >= 15 is 0 Å². The minimum Gasteiger partial charge on any atom is -0.458 e. The number of ether oxygens (including phenoxy) is 1. The van der Waals surface area contributed by atoms with Gasteiger partial charge in [0, 0.05) is 24.8 Å². The van der Waals surface area contributed by atoms with Crippen LogP contribution in [0.5, 0.6) is 0 Å². The number of aromatic nitrogens is 2. The fourth-order valence-electron chi connectivity index (χ4n) is 3.14. The Balaban J connectivity index is 1.64. The summed E-state index contributed by atoms with van der Waals surface area (Å²) in [5.74, 6) is 0.228. The van der Waals surface area contributed by atoms with E-state index in [0.717, 1.165) is 0 Å². The maximum absolute atomic E-state index is 12.8. The first-order valence-electron chi connectivity index (χ1n) is 9.05. The number of aryl methyl sites for hydroxylation is 1. The summed E-state index contributed by atoms with van der Waals surface area (Å²) in [7, 11) is -3.86. The van der Waals surface area contributed by atoms with Crippen LogP contribution in [0.25, 0.3) is 11.5 Å². The van der Waals surface area contributed by atoms with Crippen LogP contribution in [-0.4, -0.2) is 55.7 Å². The molecule has 9 nitrogen and oxygen atoms in total. The standard InChI is InChI=1S/C19H20N4O5S/c1-13-17(29(25,26)22-14-5-3-2-4-6-14)11-16(28-13)18-15(12-20-21-18)19(24)23-7-9-27-10-8-23/h2-6,11-12,22H,7-10H2,1H3,(H,20,21). The molecule has 1 amide bonds. The van der Waals surface area contributed by atoms with Crippen molar-refractivity contribution in [2.75, 3.05) is 31.0 Å². The van der Waals surface area contributed by atoms with Gasteiger partial charge in [-0.1, -0.05) is 18.2 Å². The van der Waals surface area contributed by atoms with E-state index in [-0.39, 0.29) is 22.3 Å². The lowest BCUT2D eigenvalue weighted by Crippen LogP contribution is -2.40. The molecule has 4 rings (SSSR count). The number of rotatable bonds is 5. The van der Waals surface area contributed by atoms with Crippen LogP contribution in [0.15, 0.2) is 51.9 Å². The van der Waals surface area contributed by atoms with E-state index in [2.05, 4.69) is 14.9 Å². The van der Waals surface area contributed by atoms with Crippen molar-refractivity contribution in [2.24, 2.45) is 0 Å². The Labute approximate surface area is 167 Å². The first-order chi connectivity index (χ1) is 14.0. The van der Waals surface area contributed by atoms with Crippen LogP contribution in [0.3, 0.4) is 0 Å². The summed E-state index contributed by atoms with van der Waals surface area (Å²) in [6.45, 7) is 3.49. The fourth-order valence-corrected chi connectivity index (χ4v) is 4.38. The van der Waals surface area contributed by atoms with Gasteiger partial charge >= 0.3 is 0 Å². The minimum atomic E-state index is -3.86. The second-order valence-electron chi connectivity index (χ2n) is 6.57. The highest BCUT2D eigenvalue weighted by Gasteiger charge is 2.27. The van der Waals surface area contributed by atoms with Gasteiger partial charge in [0.1, 0.15) is 16.3 Å². The highest BCUT2D eigenvalue weighted by Crippen LogP contribution is 2.30. The molecule has 152 valence electrons. The molecular weight excluding hydrogens is 396 g/mol. The zero-order chi connectivity index (χ0) is 20.4. The molecule has 3 heterocycles. The maximum atomic E-state index is 12.8. The number of nitrogens with zero attached hydrogens (tertiary/aromatic N) is 2. The molecule has 0 atom stereocenters. The predicted octanol–water partition coefficient (Wildman–Crippen LogP) is 2.25. The van der Waals surface area contributed by atoms with Gasteiger partial charge in [0.05, 0.1) is 25.0 Å². The van der Waals surface area contributed by atoms with E-state index in [0.29, 0.717) is 43.2 Å². The van der Waals surface area contributed by atoms with Gasteiger partial charge in [0.15, 0.2) is 5.76 Å². The highest BCUT2D eigenvalue weighted by atomic mass is 32.2. The number of carbonyl (C=O) groups is 1. The zero-order valence-electron chi connectivity index (χ0n) is 15.7. The molecule has 3 aromatic rings. The van der Waals surface area contributed by atoms with Gasteiger partial charge in [0.25, 0.3) is 15.9 Å². The fraction of sp³-hybridized carbons (Fsp3) is 0.263. The van der Waals surface area contributed by atoms with E-state index < -0.39 is 10.0 Å². The van der Waals surface area contributed by atoms with Gasteiger partial charge in [-0.2, -0.15) is 5.10 Å². The van der Waals surface area contributed by atoms with Crippen molar-refractivity contribution in [3.05, 3.63) is 53.9 Å². The number of para-hydroxylation sites is 1. The molecule has 2 aromatic heterocycles. The number of furan rings is 1. The van der Waals surface area contributed by atoms with Crippen molar-refractivity contribution >= 4 is 21.6 Å². The molecule has 1 aromatic carbocycles. The molecule has 1 aliphatic rings. The van der Waals surface area contributed by atoms with Crippen molar-refractivity contribution in [3.8, 4) is 11.5 Å². The van der Waals surface area contributed by atoms with Gasteiger partial charge in [-0.15, -0.1) is 0 Å². The predicted molar refractivity (Wildman–Crippen MR) is 105 cm³/mol. The second kappa shape index (κ2) is 7.72. The third-order valence-corrected chi connectivity index (χ3v) is 6.09. The van der Waals surface area contributed by atoms with E-state index in [1.54, 1.807) is 42.2 Å². The Kier molecular flexibility index (Phi) is 5.12. The number of hydrogen-bond acceptors (Lipinski definition) is 6. The van der Waals surface area contributed by atoms with Crippen LogP contribution >= 0.6 is 0 Å². The summed E-state index contributed by atoms with van der Waals surface area (Å²) in [5.41, 5.74) is 1.10. The van der Waals surface area contributed by atoms with Gasteiger partial charge in [-0.3, -0.25) is 14.6 Å². The number of carbonyl (C=O) groups excluding carboxylic acids is 1.